The van der Waals surface area contributed by atoms with Crippen molar-refractivity contribution in [2.75, 3.05) is 0 Å². The molecule has 4 heteroatoms. The van der Waals surface area contributed by atoms with Crippen molar-refractivity contribution in [1.29, 1.82) is 0 Å². The fourth-order valence-corrected chi connectivity index (χ4v) is 3.09. The van der Waals surface area contributed by atoms with Gasteiger partial charge in [0.15, 0.2) is 0 Å². The van der Waals surface area contributed by atoms with Crippen LogP contribution in [0.2, 0.25) is 5.02 Å². The van der Waals surface area contributed by atoms with Gasteiger partial charge in [0.25, 0.3) is 0 Å². The van der Waals surface area contributed by atoms with E-state index in [0.717, 1.165) is 34.2 Å². The van der Waals surface area contributed by atoms with E-state index in [2.05, 4.69) is 17.6 Å². The summed E-state index contributed by atoms with van der Waals surface area (Å²) >= 11 is 6.01. The summed E-state index contributed by atoms with van der Waals surface area (Å²) in [5.74, 6) is 1.75. The number of hydrogen-bond acceptors (Lipinski definition) is 2. The van der Waals surface area contributed by atoms with Gasteiger partial charge in [-0.15, -0.1) is 0 Å². The number of fused-ring (bicyclic) bond motifs is 1. The number of rotatable bonds is 5. The topological polar surface area (TPSA) is 27.1 Å². The van der Waals surface area contributed by atoms with Crippen molar-refractivity contribution in [3.05, 3.63) is 94.8 Å². The molecule has 0 saturated carbocycles. The first-order valence-electron chi connectivity index (χ1n) is 8.57. The predicted octanol–water partition coefficient (Wildman–Crippen LogP) is 5.63. The number of aryl methyl sites for hydroxylation is 1. The minimum Gasteiger partial charge on any atom is -0.486 e. The van der Waals surface area contributed by atoms with Gasteiger partial charge in [-0.2, -0.15) is 0 Å². The molecule has 0 unspecified atom stereocenters. The second-order valence-corrected chi connectivity index (χ2v) is 6.77. The first kappa shape index (κ1) is 16.7. The van der Waals surface area contributed by atoms with Gasteiger partial charge >= 0.3 is 0 Å². The number of halogens is 1. The van der Waals surface area contributed by atoms with Crippen molar-refractivity contribution in [2.45, 2.75) is 20.1 Å². The number of para-hydroxylation sites is 2. The van der Waals surface area contributed by atoms with Crippen LogP contribution in [-0.4, -0.2) is 9.55 Å². The SMILES string of the molecule is Cc1ccc(OCc2nc3ccccc3n2Cc2ccc(Cl)cc2)cc1. The third kappa shape index (κ3) is 3.58. The van der Waals surface area contributed by atoms with Crippen LogP contribution in [-0.2, 0) is 13.2 Å². The van der Waals surface area contributed by atoms with Crippen molar-refractivity contribution in [3.63, 3.8) is 0 Å². The normalized spacial score (nSPS) is 11.0. The molecule has 0 aliphatic heterocycles. The minimum absolute atomic E-state index is 0.422. The molecule has 0 bridgehead atoms. The molecule has 26 heavy (non-hydrogen) atoms. The van der Waals surface area contributed by atoms with E-state index in [0.29, 0.717) is 6.61 Å². The molecular formula is C22H19ClN2O. The zero-order chi connectivity index (χ0) is 17.9. The monoisotopic (exact) mass is 362 g/mol. The maximum atomic E-state index is 6.01. The van der Waals surface area contributed by atoms with E-state index < -0.39 is 0 Å². The summed E-state index contributed by atoms with van der Waals surface area (Å²) in [6.07, 6.45) is 0. The number of benzene rings is 3. The molecule has 0 spiro atoms. The number of aromatic nitrogens is 2. The van der Waals surface area contributed by atoms with E-state index in [9.17, 15) is 0 Å². The number of imidazole rings is 1. The average Bonchev–Trinajstić information content (AvgIpc) is 3.01. The lowest BCUT2D eigenvalue weighted by Crippen LogP contribution is -2.08. The summed E-state index contributed by atoms with van der Waals surface area (Å²) in [5, 5.41) is 0.743. The molecule has 0 saturated heterocycles. The molecule has 0 aliphatic rings. The van der Waals surface area contributed by atoms with Gasteiger partial charge in [0.05, 0.1) is 11.0 Å². The zero-order valence-corrected chi connectivity index (χ0v) is 15.3. The fourth-order valence-electron chi connectivity index (χ4n) is 2.97. The average molecular weight is 363 g/mol. The fraction of sp³-hybridized carbons (Fsp3) is 0.136. The highest BCUT2D eigenvalue weighted by Gasteiger charge is 2.11. The molecule has 0 amide bonds. The van der Waals surface area contributed by atoms with Crippen molar-refractivity contribution >= 4 is 22.6 Å². The Morgan fingerprint density at radius 1 is 0.923 bits per heavy atom. The summed E-state index contributed by atoms with van der Waals surface area (Å²) in [5.41, 5.74) is 4.47. The van der Waals surface area contributed by atoms with Crippen LogP contribution in [0.3, 0.4) is 0 Å². The Hall–Kier alpha value is -2.78. The van der Waals surface area contributed by atoms with E-state index >= 15 is 0 Å². The van der Waals surface area contributed by atoms with Gasteiger partial charge in [-0.1, -0.05) is 53.6 Å². The summed E-state index contributed by atoms with van der Waals surface area (Å²) in [4.78, 5) is 4.77. The second-order valence-electron chi connectivity index (χ2n) is 6.33. The van der Waals surface area contributed by atoms with E-state index in [1.54, 1.807) is 0 Å². The van der Waals surface area contributed by atoms with E-state index in [1.807, 2.05) is 66.7 Å². The third-order valence-corrected chi connectivity index (χ3v) is 4.63. The highest BCUT2D eigenvalue weighted by Crippen LogP contribution is 2.21. The van der Waals surface area contributed by atoms with Crippen LogP contribution < -0.4 is 4.74 Å². The Bertz CT molecular complexity index is 1020. The summed E-state index contributed by atoms with van der Waals surface area (Å²) < 4.78 is 8.17. The van der Waals surface area contributed by atoms with Crippen LogP contribution in [0, 0.1) is 6.92 Å². The molecule has 4 aromatic rings. The van der Waals surface area contributed by atoms with Crippen LogP contribution in [0.5, 0.6) is 5.75 Å². The molecule has 130 valence electrons. The molecule has 0 atom stereocenters. The molecule has 0 fully saturated rings. The molecule has 0 N–H and O–H groups in total. The van der Waals surface area contributed by atoms with E-state index in [-0.39, 0.29) is 0 Å². The van der Waals surface area contributed by atoms with Crippen LogP contribution in [0.25, 0.3) is 11.0 Å². The molecule has 1 heterocycles. The summed E-state index contributed by atoms with van der Waals surface area (Å²) in [6, 6.07) is 24.2. The molecule has 0 aliphatic carbocycles. The van der Waals surface area contributed by atoms with Crippen LogP contribution >= 0.6 is 11.6 Å². The van der Waals surface area contributed by atoms with Crippen molar-refractivity contribution < 1.29 is 4.74 Å². The van der Waals surface area contributed by atoms with Gasteiger partial charge < -0.3 is 9.30 Å². The summed E-state index contributed by atoms with van der Waals surface area (Å²) in [6.45, 7) is 3.21. The van der Waals surface area contributed by atoms with E-state index in [4.69, 9.17) is 21.3 Å². The first-order valence-corrected chi connectivity index (χ1v) is 8.95. The molecule has 0 radical (unpaired) electrons. The lowest BCUT2D eigenvalue weighted by molar-refractivity contribution is 0.291. The van der Waals surface area contributed by atoms with Crippen molar-refractivity contribution in [3.8, 4) is 5.75 Å². The highest BCUT2D eigenvalue weighted by molar-refractivity contribution is 6.30. The van der Waals surface area contributed by atoms with Crippen LogP contribution in [0.4, 0.5) is 0 Å². The van der Waals surface area contributed by atoms with Crippen LogP contribution in [0.15, 0.2) is 72.8 Å². The van der Waals surface area contributed by atoms with Crippen LogP contribution in [0.1, 0.15) is 17.0 Å². The van der Waals surface area contributed by atoms with Gasteiger partial charge in [-0.05, 0) is 48.9 Å². The van der Waals surface area contributed by atoms with Crippen molar-refractivity contribution in [1.82, 2.24) is 9.55 Å². The molecule has 3 nitrogen and oxygen atoms in total. The third-order valence-electron chi connectivity index (χ3n) is 4.38. The Morgan fingerprint density at radius 2 is 1.65 bits per heavy atom. The Balaban J connectivity index is 1.64. The Kier molecular flexibility index (Phi) is 4.63. The summed E-state index contributed by atoms with van der Waals surface area (Å²) in [7, 11) is 0. The van der Waals surface area contributed by atoms with Gasteiger partial charge in [0.2, 0.25) is 0 Å². The minimum atomic E-state index is 0.422. The predicted molar refractivity (Wildman–Crippen MR) is 106 cm³/mol. The largest absolute Gasteiger partial charge is 0.486 e. The molecule has 1 aromatic heterocycles. The second kappa shape index (κ2) is 7.22. The first-order chi connectivity index (χ1) is 12.7. The standard InChI is InChI=1S/C22H19ClN2O/c1-16-6-12-19(13-7-16)26-15-22-24-20-4-2-3-5-21(20)25(22)14-17-8-10-18(23)11-9-17/h2-13H,14-15H2,1H3. The maximum Gasteiger partial charge on any atom is 0.148 e. The lowest BCUT2D eigenvalue weighted by Gasteiger charge is -2.11. The van der Waals surface area contributed by atoms with Gasteiger partial charge in [-0.3, -0.25) is 0 Å². The van der Waals surface area contributed by atoms with Gasteiger partial charge in [-0.25, -0.2) is 4.98 Å². The van der Waals surface area contributed by atoms with Gasteiger partial charge in [0, 0.05) is 11.6 Å². The molecule has 4 rings (SSSR count). The van der Waals surface area contributed by atoms with Crippen molar-refractivity contribution in [2.24, 2.45) is 0 Å². The molecule has 3 aromatic carbocycles. The Morgan fingerprint density at radius 3 is 2.42 bits per heavy atom. The Labute approximate surface area is 157 Å². The molecular weight excluding hydrogens is 344 g/mol. The maximum absolute atomic E-state index is 6.01. The quantitative estimate of drug-likeness (QED) is 0.460. The lowest BCUT2D eigenvalue weighted by atomic mass is 10.2. The number of nitrogens with zero attached hydrogens (tertiary/aromatic N) is 2. The van der Waals surface area contributed by atoms with E-state index in [1.165, 1.54) is 11.1 Å². The number of hydrogen-bond donors (Lipinski definition) is 0. The zero-order valence-electron chi connectivity index (χ0n) is 14.5. The smallest absolute Gasteiger partial charge is 0.148 e. The van der Waals surface area contributed by atoms with Gasteiger partial charge in [0.1, 0.15) is 18.2 Å². The number of ether oxygens (including phenoxy) is 1. The highest BCUT2D eigenvalue weighted by atomic mass is 35.5.